The number of aromatic nitrogens is 2. The number of morpholine rings is 1. The van der Waals surface area contributed by atoms with Gasteiger partial charge in [-0.25, -0.2) is 0 Å². The largest absolute Gasteiger partial charge is 0.436 e. The van der Waals surface area contributed by atoms with Crippen molar-refractivity contribution in [1.29, 1.82) is 0 Å². The van der Waals surface area contributed by atoms with Gasteiger partial charge in [0.1, 0.15) is 6.04 Å². The van der Waals surface area contributed by atoms with Gasteiger partial charge in [0.2, 0.25) is 5.91 Å². The first-order chi connectivity index (χ1) is 11.7. The van der Waals surface area contributed by atoms with Crippen LogP contribution in [0.1, 0.15) is 30.8 Å². The van der Waals surface area contributed by atoms with E-state index in [1.54, 1.807) is 0 Å². The van der Waals surface area contributed by atoms with Crippen molar-refractivity contribution >= 4 is 21.8 Å². The number of alkyl halides is 3. The molecular weight excluding hydrogens is 405 g/mol. The van der Waals surface area contributed by atoms with Crippen LogP contribution in [0.4, 0.5) is 13.2 Å². The van der Waals surface area contributed by atoms with Crippen molar-refractivity contribution in [3.05, 3.63) is 15.9 Å². The molecule has 10 heteroatoms. The van der Waals surface area contributed by atoms with Gasteiger partial charge in [-0.1, -0.05) is 0 Å². The third kappa shape index (κ3) is 5.18. The quantitative estimate of drug-likeness (QED) is 0.709. The van der Waals surface area contributed by atoms with Crippen molar-refractivity contribution in [3.8, 4) is 0 Å². The fourth-order valence-corrected chi connectivity index (χ4v) is 3.14. The van der Waals surface area contributed by atoms with Crippen LogP contribution in [0.5, 0.6) is 0 Å². The Balaban J connectivity index is 1.87. The molecule has 1 unspecified atom stereocenters. The lowest BCUT2D eigenvalue weighted by atomic mass is 10.3. The van der Waals surface area contributed by atoms with E-state index in [9.17, 15) is 18.0 Å². The first-order valence-electron chi connectivity index (χ1n) is 8.11. The van der Waals surface area contributed by atoms with Gasteiger partial charge in [0, 0.05) is 19.6 Å². The molecule has 6 nitrogen and oxygen atoms in total. The highest BCUT2D eigenvalue weighted by Crippen LogP contribution is 2.36. The summed E-state index contributed by atoms with van der Waals surface area (Å²) in [5.41, 5.74) is -0.750. The van der Waals surface area contributed by atoms with Crippen molar-refractivity contribution in [2.24, 2.45) is 0 Å². The molecule has 0 spiro atoms. The number of carbonyl (C=O) groups excluding carboxylic acids is 1. The molecule has 1 aromatic rings. The molecule has 0 aliphatic carbocycles. The average molecular weight is 427 g/mol. The van der Waals surface area contributed by atoms with Crippen LogP contribution in [0.3, 0.4) is 0 Å². The second kappa shape index (κ2) is 8.50. The molecule has 1 saturated heterocycles. The number of rotatable bonds is 6. The second-order valence-corrected chi connectivity index (χ2v) is 6.76. The standard InChI is InChI=1S/C15H22BrF3N4O2/c1-10-12(16)13(15(17,18)19)21-23(10)11(2)14(24)20-4-3-5-22-6-8-25-9-7-22/h11H,3-9H2,1-2H3,(H,20,24). The minimum atomic E-state index is -4.57. The number of nitrogens with zero attached hydrogens (tertiary/aromatic N) is 3. The fraction of sp³-hybridized carbons (Fsp3) is 0.733. The summed E-state index contributed by atoms with van der Waals surface area (Å²) in [4.78, 5) is 14.5. The third-order valence-electron chi connectivity index (χ3n) is 4.15. The summed E-state index contributed by atoms with van der Waals surface area (Å²) in [7, 11) is 0. The van der Waals surface area contributed by atoms with Crippen LogP contribution in [-0.4, -0.2) is 60.0 Å². The van der Waals surface area contributed by atoms with Crippen LogP contribution in [0, 0.1) is 6.92 Å². The van der Waals surface area contributed by atoms with Crippen LogP contribution in [-0.2, 0) is 15.7 Å². The van der Waals surface area contributed by atoms with Gasteiger partial charge in [-0.05, 0) is 42.7 Å². The summed E-state index contributed by atoms with van der Waals surface area (Å²) in [5.74, 6) is -0.353. The molecule has 142 valence electrons. The fourth-order valence-electron chi connectivity index (χ4n) is 2.65. The number of ether oxygens (including phenoxy) is 1. The van der Waals surface area contributed by atoms with Crippen LogP contribution >= 0.6 is 15.9 Å². The summed E-state index contributed by atoms with van der Waals surface area (Å²) >= 11 is 2.91. The Morgan fingerprint density at radius 2 is 2.04 bits per heavy atom. The van der Waals surface area contributed by atoms with E-state index in [1.807, 2.05) is 0 Å². The van der Waals surface area contributed by atoms with Gasteiger partial charge in [-0.15, -0.1) is 0 Å². The van der Waals surface area contributed by atoms with E-state index in [0.717, 1.165) is 44.0 Å². The SMILES string of the molecule is Cc1c(Br)c(C(F)(F)F)nn1C(C)C(=O)NCCCN1CCOCC1. The Labute approximate surface area is 152 Å². The summed E-state index contributed by atoms with van der Waals surface area (Å²) < 4.78 is 45.0. The van der Waals surface area contributed by atoms with Gasteiger partial charge in [0.25, 0.3) is 0 Å². The maximum absolute atomic E-state index is 12.9. The molecule has 1 aliphatic rings. The zero-order chi connectivity index (χ0) is 18.6. The van der Waals surface area contributed by atoms with E-state index in [1.165, 1.54) is 13.8 Å². The number of nitrogens with one attached hydrogen (secondary N) is 1. The lowest BCUT2D eigenvalue weighted by Crippen LogP contribution is -2.39. The summed E-state index contributed by atoms with van der Waals surface area (Å²) in [5, 5.41) is 6.33. The summed E-state index contributed by atoms with van der Waals surface area (Å²) in [6.07, 6.45) is -3.79. The highest BCUT2D eigenvalue weighted by Gasteiger charge is 2.38. The van der Waals surface area contributed by atoms with Gasteiger partial charge in [0.05, 0.1) is 23.4 Å². The average Bonchev–Trinajstić information content (AvgIpc) is 2.87. The first kappa shape index (κ1) is 20.2. The predicted octanol–water partition coefficient (Wildman–Crippen LogP) is 2.37. The molecule has 1 atom stereocenters. The second-order valence-electron chi connectivity index (χ2n) is 5.96. The molecule has 0 aromatic carbocycles. The monoisotopic (exact) mass is 426 g/mol. The van der Waals surface area contributed by atoms with Gasteiger partial charge in [-0.3, -0.25) is 14.4 Å². The van der Waals surface area contributed by atoms with Gasteiger partial charge >= 0.3 is 6.18 Å². The minimum absolute atomic E-state index is 0.132. The van der Waals surface area contributed by atoms with Crippen LogP contribution in [0.2, 0.25) is 0 Å². The van der Waals surface area contributed by atoms with Crippen molar-refractivity contribution in [2.45, 2.75) is 32.5 Å². The van der Waals surface area contributed by atoms with Crippen molar-refractivity contribution < 1.29 is 22.7 Å². The normalized spacial score (nSPS) is 17.5. The molecule has 2 heterocycles. The zero-order valence-electron chi connectivity index (χ0n) is 14.2. The van der Waals surface area contributed by atoms with Crippen molar-refractivity contribution in [1.82, 2.24) is 20.0 Å². The van der Waals surface area contributed by atoms with Gasteiger partial charge in [-0.2, -0.15) is 18.3 Å². The first-order valence-corrected chi connectivity index (χ1v) is 8.90. The van der Waals surface area contributed by atoms with Crippen molar-refractivity contribution in [3.63, 3.8) is 0 Å². The molecule has 0 saturated carbocycles. The summed E-state index contributed by atoms with van der Waals surface area (Å²) in [6.45, 7) is 7.54. The number of carbonyl (C=O) groups is 1. The molecule has 0 bridgehead atoms. The maximum Gasteiger partial charge on any atom is 0.436 e. The van der Waals surface area contributed by atoms with E-state index in [-0.39, 0.29) is 16.1 Å². The molecule has 2 rings (SSSR count). The van der Waals surface area contributed by atoms with Gasteiger partial charge in [0.15, 0.2) is 5.69 Å². The molecule has 1 aromatic heterocycles. The van der Waals surface area contributed by atoms with Crippen LogP contribution in [0.15, 0.2) is 4.47 Å². The van der Waals surface area contributed by atoms with E-state index in [4.69, 9.17) is 4.74 Å². The molecule has 0 radical (unpaired) electrons. The lowest BCUT2D eigenvalue weighted by molar-refractivity contribution is -0.142. The molecule has 1 fully saturated rings. The minimum Gasteiger partial charge on any atom is -0.379 e. The Morgan fingerprint density at radius 3 is 2.60 bits per heavy atom. The smallest absolute Gasteiger partial charge is 0.379 e. The molecule has 25 heavy (non-hydrogen) atoms. The Morgan fingerprint density at radius 1 is 1.40 bits per heavy atom. The third-order valence-corrected chi connectivity index (χ3v) is 5.10. The Bertz CT molecular complexity index is 600. The Kier molecular flexibility index (Phi) is 6.86. The van der Waals surface area contributed by atoms with Crippen molar-refractivity contribution in [2.75, 3.05) is 39.4 Å². The topological polar surface area (TPSA) is 59.4 Å². The van der Waals surface area contributed by atoms with E-state index >= 15 is 0 Å². The number of halogens is 4. The number of hydrogen-bond acceptors (Lipinski definition) is 4. The summed E-state index contributed by atoms with van der Waals surface area (Å²) in [6, 6.07) is -0.823. The maximum atomic E-state index is 12.9. The van der Waals surface area contributed by atoms with Crippen LogP contribution in [0.25, 0.3) is 0 Å². The molecule has 1 N–H and O–H groups in total. The molecule has 1 amide bonds. The number of hydrogen-bond donors (Lipinski definition) is 1. The van der Waals surface area contributed by atoms with E-state index in [0.29, 0.717) is 6.54 Å². The predicted molar refractivity (Wildman–Crippen MR) is 89.3 cm³/mol. The highest BCUT2D eigenvalue weighted by molar-refractivity contribution is 9.10. The Hall–Kier alpha value is -1.13. The van der Waals surface area contributed by atoms with Gasteiger partial charge < -0.3 is 10.1 Å². The molecular formula is C15H22BrF3N4O2. The molecule has 1 aliphatic heterocycles. The van der Waals surface area contributed by atoms with E-state index < -0.39 is 17.9 Å². The highest BCUT2D eigenvalue weighted by atomic mass is 79.9. The van der Waals surface area contributed by atoms with Crippen LogP contribution < -0.4 is 5.32 Å². The lowest BCUT2D eigenvalue weighted by Gasteiger charge is -2.26. The zero-order valence-corrected chi connectivity index (χ0v) is 15.8. The van der Waals surface area contributed by atoms with E-state index in [2.05, 4.69) is 31.2 Å². The number of amides is 1.